The fraction of sp³-hybridized carbons (Fsp3) is 0.400. The van der Waals surface area contributed by atoms with Gasteiger partial charge in [-0.2, -0.15) is 0 Å². The van der Waals surface area contributed by atoms with Gasteiger partial charge < -0.3 is 14.6 Å². The van der Waals surface area contributed by atoms with Gasteiger partial charge in [0.1, 0.15) is 5.52 Å². The third-order valence-corrected chi connectivity index (χ3v) is 7.46. The summed E-state index contributed by atoms with van der Waals surface area (Å²) < 4.78 is 5.93. The fourth-order valence-electron chi connectivity index (χ4n) is 4.90. The molecule has 8 heteroatoms. The first-order valence-electron chi connectivity index (χ1n) is 11.3. The molecule has 6 nitrogen and oxygen atoms in total. The van der Waals surface area contributed by atoms with Gasteiger partial charge in [-0.25, -0.2) is 4.98 Å². The molecule has 33 heavy (non-hydrogen) atoms. The number of hydrogen-bond acceptors (Lipinski definition) is 4. The van der Waals surface area contributed by atoms with Gasteiger partial charge in [-0.15, -0.1) is 0 Å². The van der Waals surface area contributed by atoms with Crippen LogP contribution >= 0.6 is 23.2 Å². The molecule has 172 valence electrons. The first-order chi connectivity index (χ1) is 15.9. The van der Waals surface area contributed by atoms with Crippen molar-refractivity contribution in [3.63, 3.8) is 0 Å². The Balaban J connectivity index is 1.17. The quantitative estimate of drug-likeness (QED) is 0.518. The number of benzene rings is 2. The smallest absolute Gasteiger partial charge is 0.227 e. The van der Waals surface area contributed by atoms with Crippen LogP contribution in [-0.2, 0) is 9.59 Å². The van der Waals surface area contributed by atoms with Crippen LogP contribution in [0.3, 0.4) is 0 Å². The summed E-state index contributed by atoms with van der Waals surface area (Å²) in [4.78, 5) is 31.8. The second-order valence-electron chi connectivity index (χ2n) is 9.01. The van der Waals surface area contributed by atoms with Crippen molar-refractivity contribution in [2.24, 2.45) is 5.92 Å². The van der Waals surface area contributed by atoms with Crippen LogP contribution in [0.4, 0.5) is 5.69 Å². The molecule has 2 heterocycles. The van der Waals surface area contributed by atoms with Crippen LogP contribution in [0.5, 0.6) is 0 Å². The lowest BCUT2D eigenvalue weighted by molar-refractivity contribution is -0.127. The van der Waals surface area contributed by atoms with Gasteiger partial charge in [0.25, 0.3) is 0 Å². The zero-order valence-electron chi connectivity index (χ0n) is 18.3. The van der Waals surface area contributed by atoms with Crippen LogP contribution in [-0.4, -0.2) is 29.4 Å². The molecule has 0 radical (unpaired) electrons. The molecule has 1 aromatic heterocycles. The lowest BCUT2D eigenvalue weighted by atomic mass is 9.85. The van der Waals surface area contributed by atoms with Gasteiger partial charge in [0, 0.05) is 40.7 Å². The van der Waals surface area contributed by atoms with E-state index >= 15 is 0 Å². The summed E-state index contributed by atoms with van der Waals surface area (Å²) in [5.74, 6) is 0.533. The minimum atomic E-state index is -0.351. The molecule has 2 amide bonds. The Bertz CT molecular complexity index is 1220. The van der Waals surface area contributed by atoms with E-state index in [9.17, 15) is 9.59 Å². The van der Waals surface area contributed by atoms with Gasteiger partial charge in [-0.3, -0.25) is 9.59 Å². The van der Waals surface area contributed by atoms with Crippen molar-refractivity contribution in [1.82, 2.24) is 10.3 Å². The molecule has 3 aromatic rings. The maximum atomic E-state index is 12.9. The minimum Gasteiger partial charge on any atom is -0.440 e. The predicted octanol–water partition coefficient (Wildman–Crippen LogP) is 5.64. The maximum absolute atomic E-state index is 12.9. The standard InChI is InChI=1S/C25H25Cl2N3O3/c1-14-19(27)3-2-4-21(14)30-13-16(11-23(30)31)24(32)28-18-8-5-15(6-9-18)25-29-20-12-17(26)7-10-22(20)33-25/h2-4,7,10,12,15-16,18H,5-6,8-9,11,13H2,1H3,(H,28,32). The Morgan fingerprint density at radius 3 is 2.73 bits per heavy atom. The number of carbonyl (C=O) groups excluding carboxylic acids is 2. The molecule has 1 N–H and O–H groups in total. The molecule has 5 rings (SSSR count). The highest BCUT2D eigenvalue weighted by atomic mass is 35.5. The van der Waals surface area contributed by atoms with Crippen molar-refractivity contribution in [2.75, 3.05) is 11.4 Å². The molecule has 0 bridgehead atoms. The van der Waals surface area contributed by atoms with Crippen LogP contribution in [0.2, 0.25) is 10.0 Å². The van der Waals surface area contributed by atoms with Crippen molar-refractivity contribution in [3.05, 3.63) is 57.9 Å². The SMILES string of the molecule is Cc1c(Cl)cccc1N1CC(C(=O)NC2CCC(c3nc4cc(Cl)ccc4o3)CC2)CC1=O. The van der Waals surface area contributed by atoms with Crippen LogP contribution in [0.1, 0.15) is 49.5 Å². The first-order valence-corrected chi connectivity index (χ1v) is 12.1. The van der Waals surface area contributed by atoms with Crippen molar-refractivity contribution in [1.29, 1.82) is 0 Å². The molecule has 1 unspecified atom stereocenters. The molecule has 2 fully saturated rings. The van der Waals surface area contributed by atoms with E-state index in [0.717, 1.165) is 53.9 Å². The summed E-state index contributed by atoms with van der Waals surface area (Å²) in [6.07, 6.45) is 3.71. The molecule has 1 saturated carbocycles. The van der Waals surface area contributed by atoms with E-state index in [4.69, 9.17) is 27.6 Å². The van der Waals surface area contributed by atoms with Gasteiger partial charge in [0.15, 0.2) is 11.5 Å². The molecule has 2 aromatic carbocycles. The summed E-state index contributed by atoms with van der Waals surface area (Å²) >= 11 is 12.3. The van der Waals surface area contributed by atoms with E-state index in [1.807, 2.05) is 31.2 Å². The summed E-state index contributed by atoms with van der Waals surface area (Å²) in [5, 5.41) is 4.43. The third-order valence-electron chi connectivity index (χ3n) is 6.81. The third kappa shape index (κ3) is 4.46. The van der Waals surface area contributed by atoms with E-state index in [2.05, 4.69) is 10.3 Å². The predicted molar refractivity (Wildman–Crippen MR) is 129 cm³/mol. The number of hydrogen-bond donors (Lipinski definition) is 1. The average Bonchev–Trinajstić information content (AvgIpc) is 3.39. The van der Waals surface area contributed by atoms with Gasteiger partial charge in [-0.1, -0.05) is 29.3 Å². The minimum absolute atomic E-state index is 0.0414. The second kappa shape index (κ2) is 8.99. The summed E-state index contributed by atoms with van der Waals surface area (Å²) in [7, 11) is 0. The number of oxazole rings is 1. The Kier molecular flexibility index (Phi) is 6.06. The van der Waals surface area contributed by atoms with Gasteiger partial charge in [0.2, 0.25) is 11.8 Å². The maximum Gasteiger partial charge on any atom is 0.227 e. The molecule has 2 aliphatic rings. The number of rotatable bonds is 4. The molecular weight excluding hydrogens is 461 g/mol. The summed E-state index contributed by atoms with van der Waals surface area (Å²) in [6.45, 7) is 2.27. The van der Waals surface area contributed by atoms with Crippen molar-refractivity contribution in [3.8, 4) is 0 Å². The van der Waals surface area contributed by atoms with Gasteiger partial charge in [-0.05, 0) is 68.5 Å². The lowest BCUT2D eigenvalue weighted by Crippen LogP contribution is -2.41. The van der Waals surface area contributed by atoms with Crippen LogP contribution < -0.4 is 10.2 Å². The van der Waals surface area contributed by atoms with E-state index in [0.29, 0.717) is 16.6 Å². The van der Waals surface area contributed by atoms with E-state index in [1.54, 1.807) is 17.0 Å². The monoisotopic (exact) mass is 485 g/mol. The molecule has 1 aliphatic heterocycles. The highest BCUT2D eigenvalue weighted by Gasteiger charge is 2.37. The Morgan fingerprint density at radius 2 is 1.94 bits per heavy atom. The molecule has 1 aliphatic carbocycles. The zero-order valence-corrected chi connectivity index (χ0v) is 19.8. The average molecular weight is 486 g/mol. The zero-order chi connectivity index (χ0) is 23.1. The highest BCUT2D eigenvalue weighted by Crippen LogP contribution is 2.35. The van der Waals surface area contributed by atoms with Crippen molar-refractivity contribution in [2.45, 2.75) is 51.0 Å². The van der Waals surface area contributed by atoms with E-state index in [1.165, 1.54) is 0 Å². The Morgan fingerprint density at radius 1 is 1.15 bits per heavy atom. The number of aromatic nitrogens is 1. The van der Waals surface area contributed by atoms with Crippen LogP contribution in [0, 0.1) is 12.8 Å². The number of fused-ring (bicyclic) bond motifs is 1. The van der Waals surface area contributed by atoms with E-state index < -0.39 is 0 Å². The highest BCUT2D eigenvalue weighted by molar-refractivity contribution is 6.32. The molecule has 1 atom stereocenters. The van der Waals surface area contributed by atoms with Crippen molar-refractivity contribution >= 4 is 51.8 Å². The summed E-state index contributed by atoms with van der Waals surface area (Å²) in [6, 6.07) is 11.1. The molecular formula is C25H25Cl2N3O3. The number of halogens is 2. The molecule has 1 saturated heterocycles. The lowest BCUT2D eigenvalue weighted by Gasteiger charge is -2.28. The topological polar surface area (TPSA) is 75.4 Å². The van der Waals surface area contributed by atoms with Crippen LogP contribution in [0.15, 0.2) is 40.8 Å². The fourth-order valence-corrected chi connectivity index (χ4v) is 5.24. The van der Waals surface area contributed by atoms with Gasteiger partial charge >= 0.3 is 0 Å². The Labute approximate surface area is 202 Å². The number of nitrogens with zero attached hydrogens (tertiary/aromatic N) is 2. The normalized spacial score (nSPS) is 23.3. The number of amides is 2. The summed E-state index contributed by atoms with van der Waals surface area (Å²) in [5.41, 5.74) is 3.16. The van der Waals surface area contributed by atoms with Gasteiger partial charge in [0.05, 0.1) is 5.92 Å². The Hall–Kier alpha value is -2.57. The van der Waals surface area contributed by atoms with Crippen LogP contribution in [0.25, 0.3) is 11.1 Å². The largest absolute Gasteiger partial charge is 0.440 e. The van der Waals surface area contributed by atoms with E-state index in [-0.39, 0.29) is 36.1 Å². The second-order valence-corrected chi connectivity index (χ2v) is 9.85. The first kappa shape index (κ1) is 22.2. The van der Waals surface area contributed by atoms with Crippen molar-refractivity contribution < 1.29 is 14.0 Å². The number of nitrogens with one attached hydrogen (secondary N) is 1. The number of carbonyl (C=O) groups is 2. The number of anilines is 1. The molecule has 0 spiro atoms.